The van der Waals surface area contributed by atoms with Crippen molar-refractivity contribution in [3.63, 3.8) is 0 Å². The van der Waals surface area contributed by atoms with Gasteiger partial charge in [0.25, 0.3) is 0 Å². The lowest BCUT2D eigenvalue weighted by atomic mass is 9.89. The van der Waals surface area contributed by atoms with E-state index >= 15 is 0 Å². The monoisotopic (exact) mass is 278 g/mol. The highest BCUT2D eigenvalue weighted by Crippen LogP contribution is 2.50. The first kappa shape index (κ1) is 14.0. The van der Waals surface area contributed by atoms with Crippen LogP contribution in [0.4, 0.5) is 4.39 Å². The van der Waals surface area contributed by atoms with Crippen LogP contribution >= 0.6 is 0 Å². The number of halogens is 1. The zero-order chi connectivity index (χ0) is 14.2. The molecule has 4 heteroatoms. The minimum Gasteiger partial charge on any atom is -0.379 e. The Bertz CT molecular complexity index is 479. The van der Waals surface area contributed by atoms with E-state index < -0.39 is 0 Å². The first-order valence-corrected chi connectivity index (χ1v) is 7.46. The van der Waals surface area contributed by atoms with E-state index in [2.05, 4.69) is 11.0 Å². The molecule has 1 aromatic carbocycles. The van der Waals surface area contributed by atoms with E-state index in [1.165, 1.54) is 0 Å². The van der Waals surface area contributed by atoms with Crippen molar-refractivity contribution in [2.24, 2.45) is 5.73 Å². The van der Waals surface area contributed by atoms with Crippen LogP contribution in [-0.2, 0) is 16.7 Å². The van der Waals surface area contributed by atoms with Crippen LogP contribution < -0.4 is 5.73 Å². The second kappa shape index (κ2) is 5.43. The third-order valence-corrected chi connectivity index (χ3v) is 4.79. The summed E-state index contributed by atoms with van der Waals surface area (Å²) in [5.74, 6) is -0.0964. The fourth-order valence-electron chi connectivity index (χ4n) is 3.13. The summed E-state index contributed by atoms with van der Waals surface area (Å²) in [7, 11) is 0. The van der Waals surface area contributed by atoms with Crippen molar-refractivity contribution in [2.75, 3.05) is 26.3 Å². The molecule has 0 spiro atoms. The Morgan fingerprint density at radius 2 is 2.05 bits per heavy atom. The molecule has 1 saturated heterocycles. The van der Waals surface area contributed by atoms with Crippen LogP contribution in [0.2, 0.25) is 0 Å². The summed E-state index contributed by atoms with van der Waals surface area (Å²) in [6, 6.07) is 5.79. The van der Waals surface area contributed by atoms with Crippen molar-refractivity contribution in [1.29, 1.82) is 0 Å². The summed E-state index contributed by atoms with van der Waals surface area (Å²) >= 11 is 0. The number of nitrogens with two attached hydrogens (primary N) is 1. The van der Waals surface area contributed by atoms with E-state index in [1.807, 2.05) is 13.0 Å². The SMILES string of the molecule is CC(N)C1(c2ccc(CN3CCOCC3)c(F)c2)CC1. The lowest BCUT2D eigenvalue weighted by Crippen LogP contribution is -2.36. The molecule has 1 heterocycles. The van der Waals surface area contributed by atoms with Gasteiger partial charge in [0.2, 0.25) is 0 Å². The Labute approximate surface area is 119 Å². The summed E-state index contributed by atoms with van der Waals surface area (Å²) in [5, 5.41) is 0. The zero-order valence-electron chi connectivity index (χ0n) is 12.1. The number of morpholine rings is 1. The van der Waals surface area contributed by atoms with E-state index in [4.69, 9.17) is 10.5 Å². The second-order valence-corrected chi connectivity index (χ2v) is 6.14. The quantitative estimate of drug-likeness (QED) is 0.916. The van der Waals surface area contributed by atoms with Crippen LogP contribution in [0, 0.1) is 5.82 Å². The van der Waals surface area contributed by atoms with Gasteiger partial charge < -0.3 is 10.5 Å². The molecular weight excluding hydrogens is 255 g/mol. The lowest BCUT2D eigenvalue weighted by Gasteiger charge is -2.27. The number of nitrogens with zero attached hydrogens (tertiary/aromatic N) is 1. The van der Waals surface area contributed by atoms with Crippen LogP contribution in [0.3, 0.4) is 0 Å². The Hall–Kier alpha value is -0.970. The van der Waals surface area contributed by atoms with Gasteiger partial charge in [0.1, 0.15) is 5.82 Å². The minimum absolute atomic E-state index is 0.0261. The van der Waals surface area contributed by atoms with Gasteiger partial charge in [-0.15, -0.1) is 0 Å². The average molecular weight is 278 g/mol. The first-order chi connectivity index (χ1) is 9.62. The van der Waals surface area contributed by atoms with Crippen LogP contribution in [0.15, 0.2) is 18.2 Å². The van der Waals surface area contributed by atoms with E-state index in [0.29, 0.717) is 6.54 Å². The Balaban J connectivity index is 1.74. The Morgan fingerprint density at radius 1 is 1.35 bits per heavy atom. The number of rotatable bonds is 4. The fourth-order valence-corrected chi connectivity index (χ4v) is 3.13. The molecule has 1 unspecified atom stereocenters. The van der Waals surface area contributed by atoms with Crippen molar-refractivity contribution in [3.8, 4) is 0 Å². The van der Waals surface area contributed by atoms with Crippen LogP contribution in [-0.4, -0.2) is 37.2 Å². The molecule has 3 rings (SSSR count). The van der Waals surface area contributed by atoms with Gasteiger partial charge in [-0.2, -0.15) is 0 Å². The van der Waals surface area contributed by atoms with Gasteiger partial charge >= 0.3 is 0 Å². The molecule has 3 nitrogen and oxygen atoms in total. The highest BCUT2D eigenvalue weighted by Gasteiger charge is 2.47. The highest BCUT2D eigenvalue weighted by atomic mass is 19.1. The maximum atomic E-state index is 14.3. The van der Waals surface area contributed by atoms with Crippen molar-refractivity contribution >= 4 is 0 Å². The van der Waals surface area contributed by atoms with Crippen molar-refractivity contribution in [2.45, 2.75) is 37.8 Å². The van der Waals surface area contributed by atoms with Crippen molar-refractivity contribution in [1.82, 2.24) is 4.90 Å². The van der Waals surface area contributed by atoms with E-state index in [-0.39, 0.29) is 17.3 Å². The number of hydrogen-bond donors (Lipinski definition) is 1. The predicted octanol–water partition coefficient (Wildman–Crippen LogP) is 2.04. The van der Waals surface area contributed by atoms with Gasteiger partial charge in [-0.05, 0) is 31.4 Å². The third-order valence-electron chi connectivity index (χ3n) is 4.79. The maximum absolute atomic E-state index is 14.3. The average Bonchev–Trinajstić information content (AvgIpc) is 3.24. The summed E-state index contributed by atoms with van der Waals surface area (Å²) in [6.07, 6.45) is 2.15. The number of benzene rings is 1. The summed E-state index contributed by atoms with van der Waals surface area (Å²) in [4.78, 5) is 2.24. The van der Waals surface area contributed by atoms with Gasteiger partial charge in [0.15, 0.2) is 0 Å². The second-order valence-electron chi connectivity index (χ2n) is 6.14. The highest BCUT2D eigenvalue weighted by molar-refractivity contribution is 5.36. The van der Waals surface area contributed by atoms with E-state index in [1.54, 1.807) is 6.07 Å². The Morgan fingerprint density at radius 3 is 2.60 bits per heavy atom. The number of ether oxygens (including phenoxy) is 1. The summed E-state index contributed by atoms with van der Waals surface area (Å²) < 4.78 is 19.6. The molecule has 0 bridgehead atoms. The van der Waals surface area contributed by atoms with E-state index in [9.17, 15) is 4.39 Å². The zero-order valence-corrected chi connectivity index (χ0v) is 12.1. The molecule has 1 aliphatic carbocycles. The molecule has 2 N–H and O–H groups in total. The number of hydrogen-bond acceptors (Lipinski definition) is 3. The van der Waals surface area contributed by atoms with Crippen LogP contribution in [0.1, 0.15) is 30.9 Å². The molecule has 0 amide bonds. The molecule has 0 aromatic heterocycles. The molecule has 0 radical (unpaired) electrons. The topological polar surface area (TPSA) is 38.5 Å². The summed E-state index contributed by atoms with van der Waals surface area (Å²) in [6.45, 7) is 5.93. The maximum Gasteiger partial charge on any atom is 0.127 e. The summed E-state index contributed by atoms with van der Waals surface area (Å²) in [5.41, 5.74) is 7.92. The van der Waals surface area contributed by atoms with Gasteiger partial charge in [-0.3, -0.25) is 4.90 Å². The molecule has 2 aliphatic rings. The molecular formula is C16H23FN2O. The minimum atomic E-state index is -0.0964. The molecule has 1 aromatic rings. The molecule has 1 aliphatic heterocycles. The van der Waals surface area contributed by atoms with Gasteiger partial charge in [0, 0.05) is 36.7 Å². The lowest BCUT2D eigenvalue weighted by molar-refractivity contribution is 0.0337. The molecule has 1 atom stereocenters. The largest absolute Gasteiger partial charge is 0.379 e. The standard InChI is InChI=1S/C16H23FN2O/c1-12(18)16(4-5-16)14-3-2-13(15(17)10-14)11-19-6-8-20-9-7-19/h2-3,10,12H,4-9,11,18H2,1H3. The van der Waals surface area contributed by atoms with Crippen LogP contribution in [0.5, 0.6) is 0 Å². The Kier molecular flexibility index (Phi) is 3.80. The molecule has 2 fully saturated rings. The van der Waals surface area contributed by atoms with Crippen LogP contribution in [0.25, 0.3) is 0 Å². The van der Waals surface area contributed by atoms with Gasteiger partial charge in [-0.1, -0.05) is 12.1 Å². The first-order valence-electron chi connectivity index (χ1n) is 7.46. The smallest absolute Gasteiger partial charge is 0.127 e. The predicted molar refractivity (Wildman–Crippen MR) is 77.1 cm³/mol. The normalized spacial score (nSPS) is 23.6. The van der Waals surface area contributed by atoms with Crippen molar-refractivity contribution in [3.05, 3.63) is 35.1 Å². The molecule has 20 heavy (non-hydrogen) atoms. The van der Waals surface area contributed by atoms with E-state index in [0.717, 1.165) is 50.3 Å². The van der Waals surface area contributed by atoms with Gasteiger partial charge in [-0.25, -0.2) is 4.39 Å². The molecule has 110 valence electrons. The van der Waals surface area contributed by atoms with Gasteiger partial charge in [0.05, 0.1) is 13.2 Å². The third kappa shape index (κ3) is 2.60. The van der Waals surface area contributed by atoms with Crippen molar-refractivity contribution < 1.29 is 9.13 Å². The fraction of sp³-hybridized carbons (Fsp3) is 0.625. The molecule has 1 saturated carbocycles.